The highest BCUT2D eigenvalue weighted by atomic mass is 79.9. The van der Waals surface area contributed by atoms with Gasteiger partial charge in [0.15, 0.2) is 0 Å². The van der Waals surface area contributed by atoms with Gasteiger partial charge in [-0.3, -0.25) is 14.5 Å². The predicted molar refractivity (Wildman–Crippen MR) is 125 cm³/mol. The van der Waals surface area contributed by atoms with E-state index in [0.717, 1.165) is 65.2 Å². The fourth-order valence-electron chi connectivity index (χ4n) is 3.93. The summed E-state index contributed by atoms with van der Waals surface area (Å²) in [6, 6.07) is 7.84. The zero-order chi connectivity index (χ0) is 22.1. The number of benzene rings is 1. The topological polar surface area (TPSA) is 94.2 Å². The van der Waals surface area contributed by atoms with Gasteiger partial charge in [-0.15, -0.1) is 0 Å². The minimum Gasteiger partial charge on any atom is -0.368 e. The molecule has 162 valence electrons. The zero-order valence-corrected chi connectivity index (χ0v) is 19.4. The second-order valence-corrected chi connectivity index (χ2v) is 8.62. The molecule has 9 heteroatoms. The van der Waals surface area contributed by atoms with Gasteiger partial charge in [0.1, 0.15) is 16.9 Å². The van der Waals surface area contributed by atoms with Crippen LogP contribution in [-0.4, -0.2) is 59.0 Å². The number of carbonyl (C=O) groups is 1. The van der Waals surface area contributed by atoms with Gasteiger partial charge in [-0.25, -0.2) is 9.97 Å². The monoisotopic (exact) mass is 484 g/mol. The van der Waals surface area contributed by atoms with Crippen LogP contribution in [-0.2, 0) is 6.54 Å². The first-order chi connectivity index (χ1) is 14.9. The first-order valence-corrected chi connectivity index (χ1v) is 11.0. The number of halogens is 1. The van der Waals surface area contributed by atoms with E-state index < -0.39 is 0 Å². The molecule has 3 aromatic rings. The standard InChI is InChI=1S/C22H25BrN6O2/c1-13-19(5-4-17(25-13)22(31)24-3)29-8-6-28(7-9-29)12-15-10-16(23)20-18(11-15)27-21(30)14(2)26-20/h4-5,10-11H,6-9,12H2,1-3H3,(H,24,31)(H,27,30). The molecule has 1 aliphatic heterocycles. The number of hydrogen-bond donors (Lipinski definition) is 2. The third kappa shape index (κ3) is 4.47. The van der Waals surface area contributed by atoms with Crippen LogP contribution in [0.5, 0.6) is 0 Å². The van der Waals surface area contributed by atoms with Crippen molar-refractivity contribution < 1.29 is 4.79 Å². The van der Waals surface area contributed by atoms with Gasteiger partial charge in [0.05, 0.1) is 16.9 Å². The lowest BCUT2D eigenvalue weighted by atomic mass is 10.1. The molecule has 0 aliphatic carbocycles. The van der Waals surface area contributed by atoms with E-state index in [4.69, 9.17) is 0 Å². The van der Waals surface area contributed by atoms with Crippen LogP contribution in [0.25, 0.3) is 11.0 Å². The second-order valence-electron chi connectivity index (χ2n) is 7.77. The summed E-state index contributed by atoms with van der Waals surface area (Å²) in [4.78, 5) is 40.2. The highest BCUT2D eigenvalue weighted by molar-refractivity contribution is 9.10. The normalized spacial score (nSPS) is 14.8. The second kappa shape index (κ2) is 8.76. The highest BCUT2D eigenvalue weighted by Gasteiger charge is 2.20. The van der Waals surface area contributed by atoms with Crippen LogP contribution in [0.4, 0.5) is 5.69 Å². The minimum absolute atomic E-state index is 0.156. The number of pyridine rings is 1. The van der Waals surface area contributed by atoms with E-state index in [1.807, 2.05) is 19.1 Å². The van der Waals surface area contributed by atoms with Gasteiger partial charge < -0.3 is 15.2 Å². The van der Waals surface area contributed by atoms with Gasteiger partial charge >= 0.3 is 0 Å². The molecule has 1 fully saturated rings. The molecule has 3 heterocycles. The van der Waals surface area contributed by atoms with Crippen LogP contribution in [0.3, 0.4) is 0 Å². The Morgan fingerprint density at radius 1 is 1.13 bits per heavy atom. The van der Waals surface area contributed by atoms with Crippen molar-refractivity contribution in [2.75, 3.05) is 38.1 Å². The van der Waals surface area contributed by atoms with Gasteiger partial charge in [-0.1, -0.05) is 0 Å². The summed E-state index contributed by atoms with van der Waals surface area (Å²) in [7, 11) is 1.61. The average molecular weight is 485 g/mol. The van der Waals surface area contributed by atoms with E-state index in [2.05, 4.69) is 52.1 Å². The maximum atomic E-state index is 11.9. The van der Waals surface area contributed by atoms with E-state index in [9.17, 15) is 9.59 Å². The molecule has 0 radical (unpaired) electrons. The molecule has 0 bridgehead atoms. The van der Waals surface area contributed by atoms with Crippen molar-refractivity contribution >= 4 is 38.6 Å². The van der Waals surface area contributed by atoms with Gasteiger partial charge in [-0.05, 0) is 59.6 Å². The van der Waals surface area contributed by atoms with Crippen molar-refractivity contribution in [2.24, 2.45) is 0 Å². The van der Waals surface area contributed by atoms with Gasteiger partial charge in [0.2, 0.25) is 0 Å². The van der Waals surface area contributed by atoms with Crippen molar-refractivity contribution in [1.29, 1.82) is 0 Å². The lowest BCUT2D eigenvalue weighted by molar-refractivity contribution is 0.0958. The average Bonchev–Trinajstić information content (AvgIpc) is 2.75. The molecule has 1 amide bonds. The largest absolute Gasteiger partial charge is 0.368 e. The SMILES string of the molecule is CNC(=O)c1ccc(N2CCN(Cc3cc(Br)c4nc(C)c(=O)[nH]c4c3)CC2)c(C)n1. The quantitative estimate of drug-likeness (QED) is 0.590. The number of piperazine rings is 1. The molecule has 8 nitrogen and oxygen atoms in total. The van der Waals surface area contributed by atoms with Crippen LogP contribution < -0.4 is 15.8 Å². The number of nitrogens with zero attached hydrogens (tertiary/aromatic N) is 4. The summed E-state index contributed by atoms with van der Waals surface area (Å²) in [6.07, 6.45) is 0. The van der Waals surface area contributed by atoms with Crippen molar-refractivity contribution in [3.63, 3.8) is 0 Å². The Balaban J connectivity index is 1.44. The maximum Gasteiger partial charge on any atom is 0.269 e. The summed E-state index contributed by atoms with van der Waals surface area (Å²) in [5.74, 6) is -0.173. The molecule has 4 rings (SSSR count). The Hall–Kier alpha value is -2.78. The Kier molecular flexibility index (Phi) is 6.06. The Labute approximate surface area is 188 Å². The van der Waals surface area contributed by atoms with Crippen LogP contribution >= 0.6 is 15.9 Å². The van der Waals surface area contributed by atoms with E-state index in [-0.39, 0.29) is 11.5 Å². The lowest BCUT2D eigenvalue weighted by Crippen LogP contribution is -2.46. The summed E-state index contributed by atoms with van der Waals surface area (Å²) < 4.78 is 0.885. The van der Waals surface area contributed by atoms with Crippen LogP contribution in [0.2, 0.25) is 0 Å². The molecule has 1 aromatic carbocycles. The summed E-state index contributed by atoms with van der Waals surface area (Å²) in [5, 5.41) is 2.61. The van der Waals surface area contributed by atoms with E-state index in [0.29, 0.717) is 11.4 Å². The fraction of sp³-hybridized carbons (Fsp3) is 0.364. The number of anilines is 1. The Bertz CT molecular complexity index is 1200. The maximum absolute atomic E-state index is 11.9. The van der Waals surface area contributed by atoms with Gasteiger partial charge in [0, 0.05) is 44.2 Å². The molecule has 1 aliphatic rings. The zero-order valence-electron chi connectivity index (χ0n) is 17.8. The molecular formula is C22H25BrN6O2. The number of hydrogen-bond acceptors (Lipinski definition) is 6. The number of aryl methyl sites for hydroxylation is 2. The Morgan fingerprint density at radius 2 is 1.87 bits per heavy atom. The molecule has 2 N–H and O–H groups in total. The molecule has 1 saturated heterocycles. The number of rotatable bonds is 4. The smallest absolute Gasteiger partial charge is 0.269 e. The number of amides is 1. The summed E-state index contributed by atoms with van der Waals surface area (Å²) in [5.41, 5.74) is 5.32. The summed E-state index contributed by atoms with van der Waals surface area (Å²) >= 11 is 3.59. The van der Waals surface area contributed by atoms with Crippen LogP contribution in [0.1, 0.15) is 27.4 Å². The minimum atomic E-state index is -0.173. The lowest BCUT2D eigenvalue weighted by Gasteiger charge is -2.36. The van der Waals surface area contributed by atoms with E-state index in [1.165, 1.54) is 0 Å². The number of nitrogens with one attached hydrogen (secondary N) is 2. The Morgan fingerprint density at radius 3 is 2.55 bits per heavy atom. The van der Waals surface area contributed by atoms with Crippen LogP contribution in [0.15, 0.2) is 33.5 Å². The summed E-state index contributed by atoms with van der Waals surface area (Å²) in [6.45, 7) is 8.04. The first-order valence-electron chi connectivity index (χ1n) is 10.2. The van der Waals surface area contributed by atoms with Gasteiger partial charge in [0.25, 0.3) is 11.5 Å². The van der Waals surface area contributed by atoms with Gasteiger partial charge in [-0.2, -0.15) is 0 Å². The van der Waals surface area contributed by atoms with Crippen molar-refractivity contribution in [3.05, 3.63) is 61.7 Å². The number of aromatic nitrogens is 3. The molecule has 0 spiro atoms. The third-order valence-corrected chi connectivity index (χ3v) is 6.22. The first kappa shape index (κ1) is 21.5. The number of H-pyrrole nitrogens is 1. The fourth-order valence-corrected chi connectivity index (χ4v) is 4.53. The molecular weight excluding hydrogens is 460 g/mol. The van der Waals surface area contributed by atoms with Crippen molar-refractivity contribution in [2.45, 2.75) is 20.4 Å². The van der Waals surface area contributed by atoms with Crippen molar-refractivity contribution in [1.82, 2.24) is 25.2 Å². The molecule has 0 atom stereocenters. The third-order valence-electron chi connectivity index (χ3n) is 5.62. The molecule has 31 heavy (non-hydrogen) atoms. The van der Waals surface area contributed by atoms with E-state index in [1.54, 1.807) is 20.0 Å². The van der Waals surface area contributed by atoms with Crippen LogP contribution in [0, 0.1) is 13.8 Å². The number of fused-ring (bicyclic) bond motifs is 1. The molecule has 0 unspecified atom stereocenters. The molecule has 2 aromatic heterocycles. The predicted octanol–water partition coefficient (Wildman–Crippen LogP) is 2.38. The van der Waals surface area contributed by atoms with Crippen molar-refractivity contribution in [3.8, 4) is 0 Å². The van der Waals surface area contributed by atoms with E-state index >= 15 is 0 Å². The highest BCUT2D eigenvalue weighted by Crippen LogP contribution is 2.25. The number of aromatic amines is 1. The molecule has 0 saturated carbocycles. The number of carbonyl (C=O) groups excluding carboxylic acids is 1.